The van der Waals surface area contributed by atoms with Gasteiger partial charge in [-0.15, -0.1) is 0 Å². The highest BCUT2D eigenvalue weighted by molar-refractivity contribution is 5.96. The number of rotatable bonds is 6. The highest BCUT2D eigenvalue weighted by atomic mass is 16.6. The summed E-state index contributed by atoms with van der Waals surface area (Å²) in [6.45, 7) is 1.50. The maximum absolute atomic E-state index is 12.1. The maximum Gasteiger partial charge on any atom is 0.349 e. The molecule has 0 saturated carbocycles. The van der Waals surface area contributed by atoms with Crippen molar-refractivity contribution in [1.82, 2.24) is 0 Å². The Morgan fingerprint density at radius 3 is 2.48 bits per heavy atom. The largest absolute Gasteiger partial charge is 0.482 e. The summed E-state index contributed by atoms with van der Waals surface area (Å²) in [5.74, 6) is 0.209. The second-order valence-corrected chi connectivity index (χ2v) is 6.92. The van der Waals surface area contributed by atoms with Gasteiger partial charge in [-0.2, -0.15) is 0 Å². The molecule has 0 radical (unpaired) electrons. The topological polar surface area (TPSA) is 82.8 Å². The fourth-order valence-electron chi connectivity index (χ4n) is 3.57. The SMILES string of the molecule is CCC(=O)c1ccc(OC(=O)COc2ccc3c4c(c(=O)oc3c2)CCC4)cc1. The van der Waals surface area contributed by atoms with Crippen molar-refractivity contribution >= 4 is 22.7 Å². The lowest BCUT2D eigenvalue weighted by atomic mass is 10.1. The fraction of sp³-hybridized carbons (Fsp3) is 0.261. The van der Waals surface area contributed by atoms with Crippen molar-refractivity contribution in [3.8, 4) is 11.5 Å². The van der Waals surface area contributed by atoms with Gasteiger partial charge in [0.2, 0.25) is 0 Å². The first-order valence-electron chi connectivity index (χ1n) is 9.60. The molecule has 3 aromatic rings. The van der Waals surface area contributed by atoms with Crippen LogP contribution in [0.4, 0.5) is 0 Å². The molecule has 0 aliphatic heterocycles. The van der Waals surface area contributed by atoms with E-state index >= 15 is 0 Å². The van der Waals surface area contributed by atoms with Gasteiger partial charge in [0.25, 0.3) is 0 Å². The summed E-state index contributed by atoms with van der Waals surface area (Å²) >= 11 is 0. The second kappa shape index (κ2) is 7.91. The van der Waals surface area contributed by atoms with Crippen LogP contribution in [0.3, 0.4) is 0 Å². The Labute approximate surface area is 167 Å². The molecule has 6 nitrogen and oxygen atoms in total. The first-order valence-corrected chi connectivity index (χ1v) is 9.60. The van der Waals surface area contributed by atoms with Gasteiger partial charge in [-0.1, -0.05) is 6.92 Å². The van der Waals surface area contributed by atoms with E-state index in [-0.39, 0.29) is 18.0 Å². The van der Waals surface area contributed by atoms with E-state index in [0.717, 1.165) is 35.8 Å². The normalized spacial score (nSPS) is 12.6. The van der Waals surface area contributed by atoms with Gasteiger partial charge in [-0.25, -0.2) is 9.59 Å². The molecule has 0 bridgehead atoms. The number of benzene rings is 2. The van der Waals surface area contributed by atoms with Crippen LogP contribution < -0.4 is 15.1 Å². The Kier molecular flexibility index (Phi) is 5.16. The summed E-state index contributed by atoms with van der Waals surface area (Å²) in [7, 11) is 0. The monoisotopic (exact) mass is 392 g/mol. The van der Waals surface area contributed by atoms with E-state index in [1.165, 1.54) is 0 Å². The number of carbonyl (C=O) groups excluding carboxylic acids is 2. The first kappa shape index (κ1) is 18.9. The highest BCUT2D eigenvalue weighted by Crippen LogP contribution is 2.29. The number of carbonyl (C=O) groups is 2. The van der Waals surface area contributed by atoms with Crippen LogP contribution in [0, 0.1) is 0 Å². The first-order chi connectivity index (χ1) is 14.0. The van der Waals surface area contributed by atoms with Gasteiger partial charge in [0.15, 0.2) is 12.4 Å². The molecule has 1 heterocycles. The molecule has 148 valence electrons. The predicted octanol–water partition coefficient (Wildman–Crippen LogP) is 3.86. The van der Waals surface area contributed by atoms with E-state index in [2.05, 4.69) is 0 Å². The van der Waals surface area contributed by atoms with Crippen molar-refractivity contribution < 1.29 is 23.5 Å². The molecule has 4 rings (SSSR count). The lowest BCUT2D eigenvalue weighted by molar-refractivity contribution is -0.136. The molecule has 0 spiro atoms. The van der Waals surface area contributed by atoms with Gasteiger partial charge in [0.1, 0.15) is 17.1 Å². The summed E-state index contributed by atoms with van der Waals surface area (Å²) in [6.07, 6.45) is 3.00. The Hall–Kier alpha value is -3.41. The number of ketones is 1. The molecule has 6 heteroatoms. The number of ether oxygens (including phenoxy) is 2. The number of Topliss-reactive ketones (excluding diaryl/α,β-unsaturated/α-hetero) is 1. The minimum Gasteiger partial charge on any atom is -0.482 e. The Morgan fingerprint density at radius 1 is 1.00 bits per heavy atom. The quantitative estimate of drug-likeness (QED) is 0.274. The fourth-order valence-corrected chi connectivity index (χ4v) is 3.57. The third-order valence-corrected chi connectivity index (χ3v) is 5.03. The Balaban J connectivity index is 1.41. The molecular formula is C23H20O6. The summed E-state index contributed by atoms with van der Waals surface area (Å²) in [5, 5.41) is 0.911. The van der Waals surface area contributed by atoms with E-state index in [1.807, 2.05) is 6.07 Å². The van der Waals surface area contributed by atoms with Crippen molar-refractivity contribution in [3.63, 3.8) is 0 Å². The van der Waals surface area contributed by atoms with Crippen LogP contribution >= 0.6 is 0 Å². The molecular weight excluding hydrogens is 372 g/mol. The number of esters is 1. The third kappa shape index (κ3) is 3.92. The van der Waals surface area contributed by atoms with Crippen LogP contribution in [0.1, 0.15) is 41.3 Å². The molecule has 29 heavy (non-hydrogen) atoms. The summed E-state index contributed by atoms with van der Waals surface area (Å²) in [4.78, 5) is 35.8. The van der Waals surface area contributed by atoms with Crippen LogP contribution in [-0.4, -0.2) is 18.4 Å². The van der Waals surface area contributed by atoms with Crippen molar-refractivity contribution in [2.24, 2.45) is 0 Å². The van der Waals surface area contributed by atoms with E-state index < -0.39 is 5.97 Å². The molecule has 0 N–H and O–H groups in total. The second-order valence-electron chi connectivity index (χ2n) is 6.92. The molecule has 1 aliphatic rings. The average molecular weight is 392 g/mol. The molecule has 0 fully saturated rings. The van der Waals surface area contributed by atoms with Crippen molar-refractivity contribution in [2.45, 2.75) is 32.6 Å². The molecule has 0 saturated heterocycles. The van der Waals surface area contributed by atoms with Crippen LogP contribution in [-0.2, 0) is 17.6 Å². The summed E-state index contributed by atoms with van der Waals surface area (Å²) < 4.78 is 16.1. The van der Waals surface area contributed by atoms with Gasteiger partial charge < -0.3 is 13.9 Å². The highest BCUT2D eigenvalue weighted by Gasteiger charge is 2.19. The van der Waals surface area contributed by atoms with Crippen LogP contribution in [0.5, 0.6) is 11.5 Å². The molecule has 0 unspecified atom stereocenters. The zero-order chi connectivity index (χ0) is 20.4. The molecule has 1 aromatic heterocycles. The van der Waals surface area contributed by atoms with Gasteiger partial charge in [0, 0.05) is 29.0 Å². The van der Waals surface area contributed by atoms with Crippen molar-refractivity contribution in [3.05, 3.63) is 69.6 Å². The van der Waals surface area contributed by atoms with Crippen LogP contribution in [0.15, 0.2) is 51.7 Å². The summed E-state index contributed by atoms with van der Waals surface area (Å²) in [6, 6.07) is 11.6. The number of hydrogen-bond donors (Lipinski definition) is 0. The van der Waals surface area contributed by atoms with Gasteiger partial charge in [0.05, 0.1) is 0 Å². The molecule has 0 amide bonds. The number of fused-ring (bicyclic) bond motifs is 3. The van der Waals surface area contributed by atoms with Crippen LogP contribution in [0.25, 0.3) is 11.0 Å². The minimum atomic E-state index is -0.574. The van der Waals surface area contributed by atoms with E-state index in [9.17, 15) is 14.4 Å². The van der Waals surface area contributed by atoms with Gasteiger partial charge in [-0.05, 0) is 61.2 Å². The zero-order valence-electron chi connectivity index (χ0n) is 16.0. The van der Waals surface area contributed by atoms with Gasteiger partial charge in [-0.3, -0.25) is 4.79 Å². The minimum absolute atomic E-state index is 0.0276. The lowest BCUT2D eigenvalue weighted by Gasteiger charge is -2.09. The Bertz CT molecular complexity index is 1140. The molecule has 0 atom stereocenters. The van der Waals surface area contributed by atoms with Gasteiger partial charge >= 0.3 is 11.6 Å². The average Bonchev–Trinajstić information content (AvgIpc) is 3.23. The molecule has 2 aromatic carbocycles. The number of aryl methyl sites for hydroxylation is 1. The maximum atomic E-state index is 12.1. The third-order valence-electron chi connectivity index (χ3n) is 5.03. The number of hydrogen-bond acceptors (Lipinski definition) is 6. The van der Waals surface area contributed by atoms with E-state index in [1.54, 1.807) is 43.3 Å². The smallest absolute Gasteiger partial charge is 0.349 e. The predicted molar refractivity (Wildman–Crippen MR) is 107 cm³/mol. The lowest BCUT2D eigenvalue weighted by Crippen LogP contribution is -2.17. The Morgan fingerprint density at radius 2 is 1.72 bits per heavy atom. The molecule has 1 aliphatic carbocycles. The van der Waals surface area contributed by atoms with Crippen molar-refractivity contribution in [1.29, 1.82) is 0 Å². The summed E-state index contributed by atoms with van der Waals surface area (Å²) in [5.41, 5.74) is 2.55. The van der Waals surface area contributed by atoms with E-state index in [4.69, 9.17) is 13.9 Å². The van der Waals surface area contributed by atoms with Crippen LogP contribution in [0.2, 0.25) is 0 Å². The van der Waals surface area contributed by atoms with E-state index in [0.29, 0.717) is 29.1 Å². The standard InChI is InChI=1S/C23H20O6/c1-2-20(24)14-6-8-15(9-7-14)28-22(25)13-27-16-10-11-18-17-4-3-5-19(17)23(26)29-21(18)12-16/h6-12H,2-5,13H2,1H3. The van der Waals surface area contributed by atoms with Crippen molar-refractivity contribution in [2.75, 3.05) is 6.61 Å². The zero-order valence-corrected chi connectivity index (χ0v) is 16.0.